The van der Waals surface area contributed by atoms with Crippen LogP contribution in [0.4, 0.5) is 0 Å². The number of hydrogen-bond donors (Lipinski definition) is 1. The summed E-state index contributed by atoms with van der Waals surface area (Å²) in [5.41, 5.74) is 9.67. The van der Waals surface area contributed by atoms with E-state index in [1.165, 1.54) is 16.6 Å². The van der Waals surface area contributed by atoms with E-state index in [4.69, 9.17) is 10.4 Å². The molecule has 3 heteroatoms. The van der Waals surface area contributed by atoms with Crippen LogP contribution in [0.5, 0.6) is 0 Å². The number of fused-ring (bicyclic) bond motifs is 1. The first-order chi connectivity index (χ1) is 7.13. The zero-order valence-corrected chi connectivity index (χ0v) is 9.66. The summed E-state index contributed by atoms with van der Waals surface area (Å²) in [5, 5.41) is 0. The van der Waals surface area contributed by atoms with Crippen molar-refractivity contribution in [2.75, 3.05) is 6.54 Å². The molecule has 0 aliphatic carbocycles. The van der Waals surface area contributed by atoms with E-state index in [9.17, 15) is 0 Å². The Labute approximate surface area is 91.9 Å². The van der Waals surface area contributed by atoms with Crippen LogP contribution in [0.15, 0.2) is 18.2 Å². The van der Waals surface area contributed by atoms with Crippen molar-refractivity contribution in [3.63, 3.8) is 0 Å². The molecule has 0 aromatic heterocycles. The van der Waals surface area contributed by atoms with Crippen LogP contribution in [0.3, 0.4) is 0 Å². The van der Waals surface area contributed by atoms with Crippen molar-refractivity contribution in [2.24, 2.45) is 5.73 Å². The van der Waals surface area contributed by atoms with Gasteiger partial charge in [0.05, 0.1) is 6.10 Å². The third kappa shape index (κ3) is 1.82. The van der Waals surface area contributed by atoms with Gasteiger partial charge in [-0.1, -0.05) is 38.9 Å². The molecule has 0 spiro atoms. The molecule has 2 nitrogen and oxygen atoms in total. The fourth-order valence-electron chi connectivity index (χ4n) is 2.18. The van der Waals surface area contributed by atoms with E-state index in [1.807, 2.05) is 0 Å². The molecule has 1 aliphatic heterocycles. The summed E-state index contributed by atoms with van der Waals surface area (Å²) in [6.45, 7) is 7.26. The average Bonchev–Trinajstić information content (AvgIpc) is 2.55. The maximum atomic E-state index is 5.79. The van der Waals surface area contributed by atoms with Gasteiger partial charge in [0, 0.05) is 6.54 Å². The molecule has 0 fully saturated rings. The summed E-state index contributed by atoms with van der Waals surface area (Å²) in [6.07, 6.45) is 0.0914. The second-order valence-electron chi connectivity index (χ2n) is 4.55. The van der Waals surface area contributed by atoms with E-state index < -0.39 is 0 Å². The molecule has 80 valence electrons. The van der Waals surface area contributed by atoms with Crippen molar-refractivity contribution < 1.29 is 4.65 Å². The van der Waals surface area contributed by atoms with Crippen molar-refractivity contribution in [3.8, 4) is 0 Å². The van der Waals surface area contributed by atoms with Gasteiger partial charge in [-0.3, -0.25) is 0 Å². The monoisotopic (exact) mass is 203 g/mol. The molecule has 0 amide bonds. The maximum Gasteiger partial charge on any atom is 0.324 e. The molecule has 1 aliphatic rings. The zero-order chi connectivity index (χ0) is 11.0. The lowest BCUT2D eigenvalue weighted by Crippen LogP contribution is -2.24. The molecular formula is C12H18BNO. The summed E-state index contributed by atoms with van der Waals surface area (Å²) < 4.78 is 5.79. The minimum Gasteiger partial charge on any atom is -0.423 e. The first-order valence-electron chi connectivity index (χ1n) is 5.62. The highest BCUT2D eigenvalue weighted by atomic mass is 16.5. The molecule has 15 heavy (non-hydrogen) atoms. The Balaban J connectivity index is 2.42. The summed E-state index contributed by atoms with van der Waals surface area (Å²) in [5.74, 6) is 0.560. The maximum absolute atomic E-state index is 5.79. The number of rotatable bonds is 2. The molecule has 0 saturated carbocycles. The van der Waals surface area contributed by atoms with Gasteiger partial charge < -0.3 is 10.4 Å². The topological polar surface area (TPSA) is 35.2 Å². The first-order valence-corrected chi connectivity index (χ1v) is 5.62. The van der Waals surface area contributed by atoms with Crippen molar-refractivity contribution in [3.05, 3.63) is 29.3 Å². The van der Waals surface area contributed by atoms with E-state index >= 15 is 0 Å². The average molecular weight is 203 g/mol. The fraction of sp³-hybridized carbons (Fsp3) is 0.500. The van der Waals surface area contributed by atoms with Crippen LogP contribution in [0, 0.1) is 0 Å². The molecular weight excluding hydrogens is 185 g/mol. The van der Waals surface area contributed by atoms with Crippen LogP contribution >= 0.6 is 0 Å². The normalized spacial score (nSPS) is 19.8. The quantitative estimate of drug-likeness (QED) is 0.742. The highest BCUT2D eigenvalue weighted by molar-refractivity contribution is 6.67. The Morgan fingerprint density at radius 3 is 2.80 bits per heavy atom. The first kappa shape index (κ1) is 10.7. The van der Waals surface area contributed by atoms with Crippen molar-refractivity contribution >= 4 is 12.4 Å². The van der Waals surface area contributed by atoms with E-state index in [1.54, 1.807) is 0 Å². The van der Waals surface area contributed by atoms with Crippen LogP contribution in [0.1, 0.15) is 37.0 Å². The van der Waals surface area contributed by atoms with Crippen molar-refractivity contribution in [2.45, 2.75) is 32.7 Å². The molecule has 1 aromatic rings. The smallest absolute Gasteiger partial charge is 0.324 e. The van der Waals surface area contributed by atoms with Crippen LogP contribution in [-0.4, -0.2) is 13.5 Å². The zero-order valence-electron chi connectivity index (χ0n) is 9.66. The third-order valence-electron chi connectivity index (χ3n) is 3.14. The summed E-state index contributed by atoms with van der Waals surface area (Å²) >= 11 is 0. The van der Waals surface area contributed by atoms with Gasteiger partial charge in [-0.25, -0.2) is 0 Å². The van der Waals surface area contributed by atoms with Crippen molar-refractivity contribution in [1.29, 1.82) is 0 Å². The Bertz CT molecular complexity index is 365. The molecule has 1 unspecified atom stereocenters. The molecule has 2 rings (SSSR count). The van der Waals surface area contributed by atoms with E-state index in [-0.39, 0.29) is 13.0 Å². The lowest BCUT2D eigenvalue weighted by molar-refractivity contribution is 0.235. The minimum absolute atomic E-state index is 0.0914. The van der Waals surface area contributed by atoms with E-state index in [0.717, 1.165) is 0 Å². The molecule has 1 heterocycles. The Hall–Kier alpha value is -0.795. The van der Waals surface area contributed by atoms with Crippen LogP contribution in [-0.2, 0) is 4.65 Å². The van der Waals surface area contributed by atoms with Crippen LogP contribution in [0.2, 0.25) is 6.82 Å². The summed E-state index contributed by atoms with van der Waals surface area (Å²) in [7, 11) is 0. The molecule has 2 N–H and O–H groups in total. The summed E-state index contributed by atoms with van der Waals surface area (Å²) in [4.78, 5) is 0. The van der Waals surface area contributed by atoms with Gasteiger partial charge in [0.25, 0.3) is 0 Å². The van der Waals surface area contributed by atoms with Gasteiger partial charge in [-0.05, 0) is 22.5 Å². The van der Waals surface area contributed by atoms with Gasteiger partial charge >= 0.3 is 6.92 Å². The lowest BCUT2D eigenvalue weighted by atomic mass is 9.64. The predicted molar refractivity (Wildman–Crippen MR) is 64.7 cm³/mol. The Kier molecular flexibility index (Phi) is 2.85. The van der Waals surface area contributed by atoms with E-state index in [0.29, 0.717) is 12.5 Å². The molecule has 0 bridgehead atoms. The van der Waals surface area contributed by atoms with Crippen LogP contribution in [0.25, 0.3) is 0 Å². The fourth-order valence-corrected chi connectivity index (χ4v) is 2.18. The van der Waals surface area contributed by atoms with Crippen molar-refractivity contribution in [1.82, 2.24) is 0 Å². The third-order valence-corrected chi connectivity index (χ3v) is 3.14. The Morgan fingerprint density at radius 2 is 2.20 bits per heavy atom. The second-order valence-corrected chi connectivity index (χ2v) is 4.55. The van der Waals surface area contributed by atoms with Crippen LogP contribution < -0.4 is 11.2 Å². The number of nitrogens with two attached hydrogens (primary N) is 1. The SMILES string of the molecule is CB1OC(CN)c2cc(C(C)C)ccc21. The van der Waals surface area contributed by atoms with Gasteiger partial charge in [0.1, 0.15) is 0 Å². The molecule has 0 saturated heterocycles. The summed E-state index contributed by atoms with van der Waals surface area (Å²) in [6, 6.07) is 6.63. The highest BCUT2D eigenvalue weighted by Gasteiger charge is 2.30. The van der Waals surface area contributed by atoms with Gasteiger partial charge in [0.15, 0.2) is 0 Å². The molecule has 0 radical (unpaired) electrons. The van der Waals surface area contributed by atoms with Gasteiger partial charge in [-0.2, -0.15) is 0 Å². The highest BCUT2D eigenvalue weighted by Crippen LogP contribution is 2.26. The number of benzene rings is 1. The van der Waals surface area contributed by atoms with E-state index in [2.05, 4.69) is 38.9 Å². The minimum atomic E-state index is 0.0914. The number of hydrogen-bond acceptors (Lipinski definition) is 2. The Morgan fingerprint density at radius 1 is 1.47 bits per heavy atom. The largest absolute Gasteiger partial charge is 0.423 e. The molecule has 1 aromatic carbocycles. The standard InChI is InChI=1S/C12H18BNO/c1-8(2)9-4-5-11-10(6-9)12(7-14)15-13(11)3/h4-6,8,12H,7,14H2,1-3H3. The second kappa shape index (κ2) is 3.99. The van der Waals surface area contributed by atoms with Gasteiger partial charge in [0.2, 0.25) is 0 Å². The van der Waals surface area contributed by atoms with Gasteiger partial charge in [-0.15, -0.1) is 0 Å². The predicted octanol–water partition coefficient (Wildman–Crippen LogP) is 1.67. The molecule has 1 atom stereocenters. The lowest BCUT2D eigenvalue weighted by Gasteiger charge is -2.12.